The van der Waals surface area contributed by atoms with Crippen LogP contribution in [-0.4, -0.2) is 12.3 Å². The van der Waals surface area contributed by atoms with Crippen molar-refractivity contribution in [1.29, 1.82) is 10.5 Å². The lowest BCUT2D eigenvalue weighted by Gasteiger charge is -2.20. The first-order valence-corrected chi connectivity index (χ1v) is 7.62. The van der Waals surface area contributed by atoms with Gasteiger partial charge in [0.05, 0.1) is 11.1 Å². The fourth-order valence-corrected chi connectivity index (χ4v) is 2.97. The van der Waals surface area contributed by atoms with Crippen LogP contribution in [-0.2, 0) is 0 Å². The highest BCUT2D eigenvalue weighted by Crippen LogP contribution is 2.39. The summed E-state index contributed by atoms with van der Waals surface area (Å²) in [5, 5.41) is 23.7. The predicted octanol–water partition coefficient (Wildman–Crippen LogP) is 4.05. The summed E-state index contributed by atoms with van der Waals surface area (Å²) >= 11 is 0. The van der Waals surface area contributed by atoms with Gasteiger partial charge in [-0.05, 0) is 17.9 Å². The van der Waals surface area contributed by atoms with Crippen LogP contribution in [0.1, 0.15) is 35.7 Å². The van der Waals surface area contributed by atoms with Crippen molar-refractivity contribution >= 4 is 27.8 Å². The molecule has 0 unspecified atom stereocenters. The minimum atomic E-state index is -0.368. The average Bonchev–Trinajstić information content (AvgIpc) is 2.58. The van der Waals surface area contributed by atoms with Gasteiger partial charge in [0.15, 0.2) is 0 Å². The maximum absolute atomic E-state index is 12.8. The van der Waals surface area contributed by atoms with E-state index in [4.69, 9.17) is 0 Å². The largest absolute Gasteiger partial charge is 0.384 e. The zero-order valence-corrected chi connectivity index (χ0v) is 12.8. The highest BCUT2D eigenvalue weighted by atomic mass is 16.1. The molecular weight excluding hydrogens is 286 g/mol. The Kier molecular flexibility index (Phi) is 3.83. The van der Waals surface area contributed by atoms with E-state index in [1.165, 1.54) is 0 Å². The zero-order valence-electron chi connectivity index (χ0n) is 12.8. The SMILES string of the molecule is CCCCNc1ccc2cccc3c2c1C(=O)C(C#N)=C3C#N. The van der Waals surface area contributed by atoms with Crippen molar-refractivity contribution in [2.45, 2.75) is 19.8 Å². The third-order valence-electron chi connectivity index (χ3n) is 4.09. The molecule has 0 amide bonds. The van der Waals surface area contributed by atoms with E-state index in [0.29, 0.717) is 11.1 Å². The average molecular weight is 301 g/mol. The molecule has 0 heterocycles. The summed E-state index contributed by atoms with van der Waals surface area (Å²) in [6.45, 7) is 2.87. The van der Waals surface area contributed by atoms with Gasteiger partial charge in [0.25, 0.3) is 0 Å². The minimum absolute atomic E-state index is 0.0720. The van der Waals surface area contributed by atoms with Gasteiger partial charge >= 0.3 is 0 Å². The summed E-state index contributed by atoms with van der Waals surface area (Å²) in [4.78, 5) is 12.8. The monoisotopic (exact) mass is 301 g/mol. The van der Waals surface area contributed by atoms with E-state index in [1.54, 1.807) is 6.07 Å². The van der Waals surface area contributed by atoms with Crippen LogP contribution in [0.15, 0.2) is 35.9 Å². The molecule has 1 N–H and O–H groups in total. The van der Waals surface area contributed by atoms with Crippen LogP contribution >= 0.6 is 0 Å². The second-order valence-electron chi connectivity index (χ2n) is 5.47. The number of hydrogen-bond acceptors (Lipinski definition) is 4. The molecule has 0 bridgehead atoms. The molecule has 4 heteroatoms. The van der Waals surface area contributed by atoms with Crippen LogP contribution in [0.4, 0.5) is 5.69 Å². The van der Waals surface area contributed by atoms with E-state index in [0.717, 1.165) is 35.8 Å². The Hall–Kier alpha value is -3.11. The van der Waals surface area contributed by atoms with Crippen molar-refractivity contribution in [2.24, 2.45) is 0 Å². The number of allylic oxidation sites excluding steroid dienone is 2. The van der Waals surface area contributed by atoms with Gasteiger partial charge in [-0.1, -0.05) is 37.6 Å². The number of ketones is 1. The number of rotatable bonds is 4. The molecule has 2 aromatic rings. The van der Waals surface area contributed by atoms with Gasteiger partial charge in [-0.15, -0.1) is 0 Å². The molecule has 112 valence electrons. The molecule has 1 aliphatic carbocycles. The van der Waals surface area contributed by atoms with Crippen LogP contribution in [0, 0.1) is 22.7 Å². The van der Waals surface area contributed by atoms with Crippen molar-refractivity contribution < 1.29 is 4.79 Å². The standard InChI is InChI=1S/C19H15N3O/c1-2-3-9-22-16-8-7-12-5-4-6-13-14(10-20)15(11-21)19(23)18(16)17(12)13/h4-8,22H,2-3,9H2,1H3. The molecule has 0 aliphatic heterocycles. The van der Waals surface area contributed by atoms with E-state index < -0.39 is 0 Å². The molecule has 0 radical (unpaired) electrons. The molecule has 3 rings (SSSR count). The fraction of sp³-hybridized carbons (Fsp3) is 0.211. The third kappa shape index (κ3) is 2.25. The molecule has 2 aromatic carbocycles. The molecule has 0 fully saturated rings. The molecule has 0 spiro atoms. The number of hydrogen-bond donors (Lipinski definition) is 1. The van der Waals surface area contributed by atoms with Crippen LogP contribution < -0.4 is 5.32 Å². The summed E-state index contributed by atoms with van der Waals surface area (Å²) in [6.07, 6.45) is 2.05. The quantitative estimate of drug-likeness (QED) is 0.864. The first-order valence-electron chi connectivity index (χ1n) is 7.62. The number of carbonyl (C=O) groups is 1. The lowest BCUT2D eigenvalue weighted by Crippen LogP contribution is -2.15. The van der Waals surface area contributed by atoms with Gasteiger partial charge in [0.2, 0.25) is 5.78 Å². The van der Waals surface area contributed by atoms with E-state index >= 15 is 0 Å². The Morgan fingerprint density at radius 2 is 1.87 bits per heavy atom. The van der Waals surface area contributed by atoms with Crippen LogP contribution in [0.5, 0.6) is 0 Å². The van der Waals surface area contributed by atoms with Gasteiger partial charge < -0.3 is 5.32 Å². The van der Waals surface area contributed by atoms with Crippen molar-refractivity contribution in [3.8, 4) is 12.1 Å². The Balaban J connectivity index is 2.30. The maximum atomic E-state index is 12.8. The molecular formula is C19H15N3O. The van der Waals surface area contributed by atoms with Crippen molar-refractivity contribution in [2.75, 3.05) is 11.9 Å². The van der Waals surface area contributed by atoms with Gasteiger partial charge in [-0.25, -0.2) is 0 Å². The Morgan fingerprint density at radius 3 is 2.57 bits per heavy atom. The second-order valence-corrected chi connectivity index (χ2v) is 5.47. The molecule has 0 aromatic heterocycles. The normalized spacial score (nSPS) is 12.9. The maximum Gasteiger partial charge on any atom is 0.207 e. The number of nitriles is 2. The number of benzene rings is 2. The number of anilines is 1. The van der Waals surface area contributed by atoms with E-state index in [2.05, 4.69) is 12.2 Å². The van der Waals surface area contributed by atoms with E-state index in [1.807, 2.05) is 36.4 Å². The molecule has 23 heavy (non-hydrogen) atoms. The molecule has 0 saturated carbocycles. The molecule has 1 aliphatic rings. The lowest BCUT2D eigenvalue weighted by atomic mass is 9.82. The third-order valence-corrected chi connectivity index (χ3v) is 4.09. The molecule has 4 nitrogen and oxygen atoms in total. The van der Waals surface area contributed by atoms with Crippen molar-refractivity contribution in [1.82, 2.24) is 0 Å². The summed E-state index contributed by atoms with van der Waals surface area (Å²) in [7, 11) is 0. The number of nitrogens with zero attached hydrogens (tertiary/aromatic N) is 2. The highest BCUT2D eigenvalue weighted by Gasteiger charge is 2.30. The Labute approximate surface area is 134 Å². The van der Waals surface area contributed by atoms with E-state index in [-0.39, 0.29) is 16.9 Å². The molecule has 0 saturated heterocycles. The molecule has 0 atom stereocenters. The summed E-state index contributed by atoms with van der Waals surface area (Å²) < 4.78 is 0. The van der Waals surface area contributed by atoms with Crippen LogP contribution in [0.25, 0.3) is 16.3 Å². The number of nitrogens with one attached hydrogen (secondary N) is 1. The van der Waals surface area contributed by atoms with Crippen molar-refractivity contribution in [3.05, 3.63) is 47.0 Å². The van der Waals surface area contributed by atoms with Crippen molar-refractivity contribution in [3.63, 3.8) is 0 Å². The first-order chi connectivity index (χ1) is 11.2. The zero-order chi connectivity index (χ0) is 16.4. The van der Waals surface area contributed by atoms with Crippen LogP contribution in [0.2, 0.25) is 0 Å². The summed E-state index contributed by atoms with van der Waals surface area (Å²) in [5.74, 6) is -0.368. The topological polar surface area (TPSA) is 76.7 Å². The van der Waals surface area contributed by atoms with Gasteiger partial charge in [0, 0.05) is 23.2 Å². The Bertz CT molecular complexity index is 926. The number of unbranched alkanes of at least 4 members (excludes halogenated alkanes) is 1. The number of Topliss-reactive ketones (excluding diaryl/α,β-unsaturated/α-hetero) is 1. The lowest BCUT2D eigenvalue weighted by molar-refractivity contribution is 0.104. The van der Waals surface area contributed by atoms with Crippen LogP contribution in [0.3, 0.4) is 0 Å². The smallest absolute Gasteiger partial charge is 0.207 e. The highest BCUT2D eigenvalue weighted by molar-refractivity contribution is 6.30. The van der Waals surface area contributed by atoms with Gasteiger partial charge in [-0.3, -0.25) is 4.79 Å². The summed E-state index contributed by atoms with van der Waals surface area (Å²) in [5.41, 5.74) is 1.99. The second kappa shape index (κ2) is 5.94. The number of carbonyl (C=O) groups excluding carboxylic acids is 1. The fourth-order valence-electron chi connectivity index (χ4n) is 2.97. The first kappa shape index (κ1) is 14.8. The van der Waals surface area contributed by atoms with Gasteiger partial charge in [-0.2, -0.15) is 10.5 Å². The summed E-state index contributed by atoms with van der Waals surface area (Å²) in [6, 6.07) is 13.3. The minimum Gasteiger partial charge on any atom is -0.384 e. The predicted molar refractivity (Wildman–Crippen MR) is 89.8 cm³/mol. The van der Waals surface area contributed by atoms with Gasteiger partial charge in [0.1, 0.15) is 17.7 Å². The van der Waals surface area contributed by atoms with E-state index in [9.17, 15) is 15.3 Å². The Morgan fingerprint density at radius 1 is 1.09 bits per heavy atom.